The molecule has 2 aliphatic heterocycles. The molecular formula is C23H26N2O3. The summed E-state index contributed by atoms with van der Waals surface area (Å²) in [6.45, 7) is 2.75. The number of ether oxygens (including phenoxy) is 1. The number of hydrogen-bond acceptors (Lipinski definition) is 4. The zero-order valence-electron chi connectivity index (χ0n) is 16.4. The first-order chi connectivity index (χ1) is 13.7. The van der Waals surface area contributed by atoms with Crippen molar-refractivity contribution in [2.45, 2.75) is 44.6 Å². The third-order valence-corrected chi connectivity index (χ3v) is 5.50. The van der Waals surface area contributed by atoms with Crippen LogP contribution in [-0.4, -0.2) is 31.8 Å². The van der Waals surface area contributed by atoms with Crippen molar-refractivity contribution >= 4 is 17.7 Å². The fraction of sp³-hybridized carbons (Fsp3) is 0.391. The van der Waals surface area contributed by atoms with E-state index in [0.29, 0.717) is 18.2 Å². The Morgan fingerprint density at radius 1 is 1.21 bits per heavy atom. The highest BCUT2D eigenvalue weighted by Gasteiger charge is 2.29. The summed E-state index contributed by atoms with van der Waals surface area (Å²) in [7, 11) is 1.66. The Labute approximate surface area is 165 Å². The molecule has 1 N–H and O–H groups in total. The Morgan fingerprint density at radius 3 is 2.82 bits per heavy atom. The molecule has 3 heterocycles. The van der Waals surface area contributed by atoms with E-state index >= 15 is 0 Å². The van der Waals surface area contributed by atoms with Crippen molar-refractivity contribution in [3.63, 3.8) is 0 Å². The summed E-state index contributed by atoms with van der Waals surface area (Å²) in [6.07, 6.45) is 8.04. The quantitative estimate of drug-likeness (QED) is 0.850. The van der Waals surface area contributed by atoms with Crippen LogP contribution in [0.2, 0.25) is 0 Å². The summed E-state index contributed by atoms with van der Waals surface area (Å²) in [5.74, 6) is 2.23. The van der Waals surface area contributed by atoms with E-state index < -0.39 is 0 Å². The first kappa shape index (κ1) is 18.5. The van der Waals surface area contributed by atoms with Crippen molar-refractivity contribution < 1.29 is 13.9 Å². The van der Waals surface area contributed by atoms with E-state index in [0.717, 1.165) is 54.1 Å². The molecule has 5 nitrogen and oxygen atoms in total. The van der Waals surface area contributed by atoms with E-state index in [4.69, 9.17) is 9.15 Å². The number of hydrogen-bond donors (Lipinski definition) is 1. The fourth-order valence-electron chi connectivity index (χ4n) is 3.86. The fourth-order valence-corrected chi connectivity index (χ4v) is 3.86. The molecule has 5 heteroatoms. The van der Waals surface area contributed by atoms with Crippen molar-refractivity contribution in [1.82, 2.24) is 5.32 Å². The Kier molecular flexibility index (Phi) is 5.33. The number of fused-ring (bicyclic) bond motifs is 1. The van der Waals surface area contributed by atoms with Crippen LogP contribution in [0.5, 0.6) is 5.75 Å². The molecule has 2 unspecified atom stereocenters. The number of nitrogens with one attached hydrogen (secondary N) is 1. The Hall–Kier alpha value is -2.82. The van der Waals surface area contributed by atoms with Gasteiger partial charge in [0.05, 0.1) is 12.7 Å². The Morgan fingerprint density at radius 2 is 2.04 bits per heavy atom. The van der Waals surface area contributed by atoms with Gasteiger partial charge in [0.1, 0.15) is 17.3 Å². The van der Waals surface area contributed by atoms with Gasteiger partial charge in [-0.3, -0.25) is 9.79 Å². The second-order valence-electron chi connectivity index (χ2n) is 7.48. The highest BCUT2D eigenvalue weighted by Crippen LogP contribution is 2.36. The third-order valence-electron chi connectivity index (χ3n) is 5.50. The predicted octanol–water partition coefficient (Wildman–Crippen LogP) is 4.58. The van der Waals surface area contributed by atoms with Crippen LogP contribution in [-0.2, 0) is 0 Å². The molecule has 0 saturated heterocycles. The topological polar surface area (TPSA) is 63.8 Å². The molecule has 2 aromatic rings. The largest absolute Gasteiger partial charge is 0.497 e. The van der Waals surface area contributed by atoms with E-state index in [-0.39, 0.29) is 11.8 Å². The molecule has 0 fully saturated rings. The molecule has 28 heavy (non-hydrogen) atoms. The molecule has 1 aromatic heterocycles. The Bertz CT molecular complexity index is 908. The highest BCUT2D eigenvalue weighted by atomic mass is 16.5. The lowest BCUT2D eigenvalue weighted by Gasteiger charge is -2.14. The highest BCUT2D eigenvalue weighted by molar-refractivity contribution is 6.09. The van der Waals surface area contributed by atoms with Crippen molar-refractivity contribution in [3.8, 4) is 5.75 Å². The summed E-state index contributed by atoms with van der Waals surface area (Å²) in [5, 5.41) is 2.99. The smallest absolute Gasteiger partial charge is 0.254 e. The number of rotatable bonds is 3. The maximum atomic E-state index is 12.6. The van der Waals surface area contributed by atoms with E-state index in [9.17, 15) is 4.79 Å². The lowest BCUT2D eigenvalue weighted by molar-refractivity contribution is 0.0955. The van der Waals surface area contributed by atoms with Gasteiger partial charge in [0.2, 0.25) is 0 Å². The molecule has 0 saturated carbocycles. The number of benzene rings is 1. The maximum Gasteiger partial charge on any atom is 0.254 e. The lowest BCUT2D eigenvalue weighted by atomic mass is 9.92. The molecular weight excluding hydrogens is 352 g/mol. The monoisotopic (exact) mass is 378 g/mol. The molecule has 0 radical (unpaired) electrons. The first-order valence-electron chi connectivity index (χ1n) is 9.95. The average Bonchev–Trinajstić information content (AvgIpc) is 3.07. The molecule has 2 atom stereocenters. The zero-order valence-corrected chi connectivity index (χ0v) is 16.4. The number of furan rings is 1. The van der Waals surface area contributed by atoms with Crippen LogP contribution in [0.15, 0.2) is 45.8 Å². The van der Waals surface area contributed by atoms with Crippen molar-refractivity contribution in [2.24, 2.45) is 4.99 Å². The summed E-state index contributed by atoms with van der Waals surface area (Å²) in [4.78, 5) is 17.2. The van der Waals surface area contributed by atoms with Gasteiger partial charge in [-0.15, -0.1) is 0 Å². The van der Waals surface area contributed by atoms with Crippen LogP contribution in [0.4, 0.5) is 0 Å². The normalized spacial score (nSPS) is 24.2. The molecule has 1 aromatic carbocycles. The van der Waals surface area contributed by atoms with Gasteiger partial charge in [-0.1, -0.05) is 18.2 Å². The van der Waals surface area contributed by atoms with Crippen LogP contribution in [0.1, 0.15) is 66.0 Å². The van der Waals surface area contributed by atoms with Gasteiger partial charge in [-0.05, 0) is 56.4 Å². The second-order valence-corrected chi connectivity index (χ2v) is 7.48. The zero-order chi connectivity index (χ0) is 19.5. The van der Waals surface area contributed by atoms with Crippen LogP contribution in [0.25, 0.3) is 5.57 Å². The number of carbonyl (C=O) groups excluding carboxylic acids is 1. The summed E-state index contributed by atoms with van der Waals surface area (Å²) >= 11 is 0. The average molecular weight is 378 g/mol. The molecule has 0 aliphatic carbocycles. The minimum atomic E-state index is -0.0715. The number of nitrogens with zero attached hydrogens (tertiary/aromatic N) is 1. The predicted molar refractivity (Wildman–Crippen MR) is 110 cm³/mol. The van der Waals surface area contributed by atoms with Gasteiger partial charge >= 0.3 is 0 Å². The number of amides is 1. The Balaban J connectivity index is 1.73. The molecule has 0 spiro atoms. The van der Waals surface area contributed by atoms with Gasteiger partial charge in [-0.25, -0.2) is 0 Å². The molecule has 4 rings (SSSR count). The van der Waals surface area contributed by atoms with Crippen molar-refractivity contribution in [1.29, 1.82) is 0 Å². The molecule has 2 aliphatic rings. The van der Waals surface area contributed by atoms with Crippen LogP contribution >= 0.6 is 0 Å². The van der Waals surface area contributed by atoms with Crippen molar-refractivity contribution in [2.75, 3.05) is 13.7 Å². The van der Waals surface area contributed by atoms with Gasteiger partial charge in [0, 0.05) is 30.3 Å². The molecule has 0 bridgehead atoms. The van der Waals surface area contributed by atoms with Gasteiger partial charge in [-0.2, -0.15) is 0 Å². The maximum absolute atomic E-state index is 12.6. The molecule has 1 amide bonds. The van der Waals surface area contributed by atoms with E-state index in [1.165, 1.54) is 0 Å². The third kappa shape index (κ3) is 3.75. The number of aliphatic imine (C=N–C) groups is 1. The summed E-state index contributed by atoms with van der Waals surface area (Å²) < 4.78 is 11.6. The second kappa shape index (κ2) is 8.05. The number of carbonyl (C=O) groups is 1. The van der Waals surface area contributed by atoms with Gasteiger partial charge in [0.15, 0.2) is 0 Å². The van der Waals surface area contributed by atoms with E-state index in [1.807, 2.05) is 36.5 Å². The van der Waals surface area contributed by atoms with Gasteiger partial charge in [0.25, 0.3) is 5.91 Å². The number of methoxy groups -OCH3 is 1. The summed E-state index contributed by atoms with van der Waals surface area (Å²) in [6, 6.07) is 10.2. The van der Waals surface area contributed by atoms with Gasteiger partial charge < -0.3 is 14.5 Å². The summed E-state index contributed by atoms with van der Waals surface area (Å²) in [5.41, 5.74) is 2.70. The minimum absolute atomic E-state index is 0.0265. The number of allylic oxidation sites excluding steroid dienone is 2. The van der Waals surface area contributed by atoms with Crippen molar-refractivity contribution in [3.05, 3.63) is 59.1 Å². The standard InChI is InChI=1S/C23H26N2O3/c1-15-5-3-4-6-17(14-25-15)21-13-20-22(28-21)19(11-12-24-23(20)26)16-7-9-18(27-2)10-8-16/h6-10,13-15,19H,3-5,11-12H2,1-2H3,(H,24,26)/b17-6+,25-14?. The van der Waals surface area contributed by atoms with E-state index in [2.05, 4.69) is 23.3 Å². The van der Waals surface area contributed by atoms with Crippen LogP contribution in [0, 0.1) is 0 Å². The lowest BCUT2D eigenvalue weighted by Crippen LogP contribution is -2.22. The first-order valence-corrected chi connectivity index (χ1v) is 9.95. The molecule has 146 valence electrons. The van der Waals surface area contributed by atoms with Crippen LogP contribution in [0.3, 0.4) is 0 Å². The SMILES string of the molecule is COc1ccc(C2CCNC(=O)c3cc(/C4=C/CCCC(C)N=C4)oc32)cc1. The minimum Gasteiger partial charge on any atom is -0.497 e. The van der Waals surface area contributed by atoms with E-state index in [1.54, 1.807) is 7.11 Å². The van der Waals surface area contributed by atoms with Crippen LogP contribution < -0.4 is 10.1 Å².